The summed E-state index contributed by atoms with van der Waals surface area (Å²) in [6.45, 7) is 6.27. The van der Waals surface area contributed by atoms with Crippen LogP contribution in [0.5, 0.6) is 23.1 Å². The summed E-state index contributed by atoms with van der Waals surface area (Å²) in [6, 6.07) is 14.8. The van der Waals surface area contributed by atoms with E-state index in [1.807, 2.05) is 57.2 Å². The van der Waals surface area contributed by atoms with E-state index in [9.17, 15) is 9.59 Å². The van der Waals surface area contributed by atoms with Gasteiger partial charge >= 0.3 is 11.7 Å². The van der Waals surface area contributed by atoms with Gasteiger partial charge in [-0.3, -0.25) is 4.57 Å². The zero-order valence-electron chi connectivity index (χ0n) is 20.5. The molecule has 9 nitrogen and oxygen atoms in total. The van der Waals surface area contributed by atoms with Crippen LogP contribution in [0, 0.1) is 0 Å². The molecule has 1 atom stereocenters. The van der Waals surface area contributed by atoms with E-state index in [-0.39, 0.29) is 30.9 Å². The van der Waals surface area contributed by atoms with E-state index in [1.165, 1.54) is 0 Å². The Morgan fingerprint density at radius 1 is 1.11 bits per heavy atom. The van der Waals surface area contributed by atoms with Crippen molar-refractivity contribution < 1.29 is 28.5 Å². The summed E-state index contributed by atoms with van der Waals surface area (Å²) < 4.78 is 30.1. The molecule has 0 bridgehead atoms. The first-order valence-electron chi connectivity index (χ1n) is 11.9. The molecule has 0 saturated carbocycles. The van der Waals surface area contributed by atoms with Crippen molar-refractivity contribution >= 4 is 5.97 Å². The first-order valence-corrected chi connectivity index (χ1v) is 11.9. The maximum atomic E-state index is 12.7. The molecule has 3 aromatic rings. The van der Waals surface area contributed by atoms with Gasteiger partial charge in [0, 0.05) is 18.2 Å². The van der Waals surface area contributed by atoms with Gasteiger partial charge in [0.25, 0.3) is 0 Å². The first-order chi connectivity index (χ1) is 17.2. The topological polar surface area (TPSA) is 98.1 Å². The molecule has 2 aliphatic rings. The number of hydrogen-bond acceptors (Lipinski definition) is 8. The van der Waals surface area contributed by atoms with Crippen LogP contribution in [-0.2, 0) is 22.5 Å². The maximum absolute atomic E-state index is 12.7. The van der Waals surface area contributed by atoms with Crippen molar-refractivity contribution in [2.45, 2.75) is 45.4 Å². The highest BCUT2D eigenvalue weighted by Gasteiger charge is 2.24. The minimum absolute atomic E-state index is 0.175. The summed E-state index contributed by atoms with van der Waals surface area (Å²) in [5.74, 6) is 1.72. The summed E-state index contributed by atoms with van der Waals surface area (Å²) in [5.41, 5.74) is 1.68. The largest absolute Gasteiger partial charge is 0.486 e. The molecular formula is C27H28N2O7. The number of esters is 1. The van der Waals surface area contributed by atoms with Crippen LogP contribution in [0.2, 0.25) is 0 Å². The molecule has 188 valence electrons. The minimum Gasteiger partial charge on any atom is -0.486 e. The lowest BCUT2D eigenvalue weighted by atomic mass is 9.97. The second-order valence-corrected chi connectivity index (χ2v) is 9.67. The predicted octanol–water partition coefficient (Wildman–Crippen LogP) is 3.41. The van der Waals surface area contributed by atoms with Gasteiger partial charge in [0.1, 0.15) is 24.6 Å². The molecule has 0 fully saturated rings. The number of carbonyl (C=O) groups is 1. The highest BCUT2D eigenvalue weighted by molar-refractivity contribution is 5.72. The summed E-state index contributed by atoms with van der Waals surface area (Å²) in [6.07, 6.45) is 0.318. The van der Waals surface area contributed by atoms with E-state index in [0.29, 0.717) is 36.8 Å². The zero-order chi connectivity index (χ0) is 25.3. The Hall–Kier alpha value is -4.01. The molecule has 3 heterocycles. The van der Waals surface area contributed by atoms with Crippen LogP contribution >= 0.6 is 0 Å². The van der Waals surface area contributed by atoms with Gasteiger partial charge in [-0.2, -0.15) is 4.98 Å². The molecule has 5 rings (SSSR count). The van der Waals surface area contributed by atoms with Gasteiger partial charge in [0.2, 0.25) is 5.88 Å². The minimum atomic E-state index is -0.568. The van der Waals surface area contributed by atoms with Crippen LogP contribution in [0.3, 0.4) is 0 Å². The lowest BCUT2D eigenvalue weighted by molar-refractivity contribution is -0.157. The van der Waals surface area contributed by atoms with Crippen molar-refractivity contribution in [2.75, 3.05) is 19.8 Å². The van der Waals surface area contributed by atoms with Crippen molar-refractivity contribution in [3.8, 4) is 34.4 Å². The Morgan fingerprint density at radius 2 is 1.92 bits per heavy atom. The Balaban J connectivity index is 1.28. The Morgan fingerprint density at radius 3 is 2.72 bits per heavy atom. The van der Waals surface area contributed by atoms with E-state index in [2.05, 4.69) is 4.98 Å². The summed E-state index contributed by atoms with van der Waals surface area (Å²) in [4.78, 5) is 28.8. The molecule has 36 heavy (non-hydrogen) atoms. The van der Waals surface area contributed by atoms with Gasteiger partial charge in [-0.15, -0.1) is 0 Å². The molecule has 0 spiro atoms. The summed E-state index contributed by atoms with van der Waals surface area (Å²) >= 11 is 0. The number of hydrogen-bond donors (Lipinski definition) is 0. The number of rotatable bonds is 6. The zero-order valence-corrected chi connectivity index (χ0v) is 20.5. The fourth-order valence-corrected chi connectivity index (χ4v) is 4.18. The smallest absolute Gasteiger partial charge is 0.351 e. The molecule has 1 unspecified atom stereocenters. The van der Waals surface area contributed by atoms with Crippen LogP contribution in [0.4, 0.5) is 0 Å². The van der Waals surface area contributed by atoms with Crippen molar-refractivity contribution in [3.63, 3.8) is 0 Å². The molecule has 2 aliphatic heterocycles. The first kappa shape index (κ1) is 23.7. The normalized spacial score (nSPS) is 15.9. The average Bonchev–Trinajstić information content (AvgIpc) is 2.85. The second kappa shape index (κ2) is 9.56. The lowest BCUT2D eigenvalue weighted by Gasteiger charge is -2.26. The van der Waals surface area contributed by atoms with Crippen LogP contribution < -0.4 is 24.6 Å². The third-order valence-electron chi connectivity index (χ3n) is 5.71. The van der Waals surface area contributed by atoms with Gasteiger partial charge in [-0.1, -0.05) is 12.1 Å². The third-order valence-corrected chi connectivity index (χ3v) is 5.71. The van der Waals surface area contributed by atoms with Crippen LogP contribution in [0.15, 0.2) is 53.3 Å². The number of aromatic nitrogens is 2. The Bertz CT molecular complexity index is 1340. The van der Waals surface area contributed by atoms with Gasteiger partial charge in [-0.05, 0) is 63.1 Å². The fraction of sp³-hybridized carbons (Fsp3) is 0.370. The fourth-order valence-electron chi connectivity index (χ4n) is 4.18. The molecule has 0 radical (unpaired) electrons. The SMILES string of the molecule is CC(C)(C)OC(=O)COc1ccc2c(c1)CCn1c-2cc(OCC2COc3ccccc3O2)nc1=O. The van der Waals surface area contributed by atoms with Crippen LogP contribution in [0.1, 0.15) is 26.3 Å². The molecule has 0 N–H and O–H groups in total. The molecule has 0 aliphatic carbocycles. The molecule has 0 saturated heterocycles. The van der Waals surface area contributed by atoms with Crippen molar-refractivity contribution in [1.82, 2.24) is 9.55 Å². The predicted molar refractivity (Wildman–Crippen MR) is 131 cm³/mol. The van der Waals surface area contributed by atoms with Gasteiger partial charge in [-0.25, -0.2) is 9.59 Å². The highest BCUT2D eigenvalue weighted by Crippen LogP contribution is 2.33. The molecular weight excluding hydrogens is 464 g/mol. The number of carbonyl (C=O) groups excluding carboxylic acids is 1. The van der Waals surface area contributed by atoms with Crippen LogP contribution in [0.25, 0.3) is 11.3 Å². The van der Waals surface area contributed by atoms with Gasteiger partial charge < -0.3 is 23.7 Å². The maximum Gasteiger partial charge on any atom is 0.351 e. The number of benzene rings is 2. The van der Waals surface area contributed by atoms with Crippen molar-refractivity contribution in [1.29, 1.82) is 0 Å². The van der Waals surface area contributed by atoms with E-state index in [0.717, 1.165) is 16.8 Å². The molecule has 2 aromatic carbocycles. The molecule has 0 amide bonds. The Kier molecular flexibility index (Phi) is 6.30. The highest BCUT2D eigenvalue weighted by atomic mass is 16.6. The monoisotopic (exact) mass is 492 g/mol. The number of aryl methyl sites for hydroxylation is 1. The van der Waals surface area contributed by atoms with Gasteiger partial charge in [0.15, 0.2) is 24.2 Å². The number of ether oxygens (including phenoxy) is 5. The standard InChI is InChI=1S/C27H28N2O7/c1-27(2,3)36-25(30)16-32-18-8-9-20-17(12-18)10-11-29-21(20)13-24(28-26(29)31)34-15-19-14-33-22-6-4-5-7-23(22)35-19/h4-9,12-13,19H,10-11,14-16H2,1-3H3. The number of para-hydroxylation sites is 2. The van der Waals surface area contributed by atoms with Gasteiger partial charge in [0.05, 0.1) is 5.69 Å². The molecule has 1 aromatic heterocycles. The van der Waals surface area contributed by atoms with E-state index in [1.54, 1.807) is 16.7 Å². The van der Waals surface area contributed by atoms with Crippen molar-refractivity contribution in [2.24, 2.45) is 0 Å². The number of fused-ring (bicyclic) bond motifs is 4. The van der Waals surface area contributed by atoms with Crippen LogP contribution in [-0.4, -0.2) is 47.0 Å². The lowest BCUT2D eigenvalue weighted by Crippen LogP contribution is -2.35. The number of nitrogens with zero attached hydrogens (tertiary/aromatic N) is 2. The molecule has 9 heteroatoms. The van der Waals surface area contributed by atoms with E-state index >= 15 is 0 Å². The second-order valence-electron chi connectivity index (χ2n) is 9.67. The summed E-state index contributed by atoms with van der Waals surface area (Å²) in [7, 11) is 0. The Labute approximate surface area is 208 Å². The van der Waals surface area contributed by atoms with Crippen molar-refractivity contribution in [3.05, 3.63) is 64.6 Å². The van der Waals surface area contributed by atoms with E-state index < -0.39 is 11.6 Å². The quantitative estimate of drug-likeness (QED) is 0.483. The summed E-state index contributed by atoms with van der Waals surface area (Å²) in [5, 5.41) is 0. The average molecular weight is 493 g/mol. The van der Waals surface area contributed by atoms with E-state index in [4.69, 9.17) is 23.7 Å². The third kappa shape index (κ3) is 5.30.